The molecule has 0 radical (unpaired) electrons. The molecule has 2 aliphatic rings. The number of fused-ring (bicyclic) bond motifs is 1. The maximum Gasteiger partial charge on any atom is 0.407 e. The van der Waals surface area contributed by atoms with E-state index in [1.54, 1.807) is 0 Å². The van der Waals surface area contributed by atoms with Gasteiger partial charge in [0.25, 0.3) is 0 Å². The van der Waals surface area contributed by atoms with E-state index in [1.807, 2.05) is 27.7 Å². The van der Waals surface area contributed by atoms with Crippen molar-refractivity contribution in [1.82, 2.24) is 20.4 Å². The number of rotatable bonds is 4. The number of aromatic nitrogens is 2. The number of nitrogens with zero attached hydrogens (tertiary/aromatic N) is 3. The van der Waals surface area contributed by atoms with Crippen LogP contribution in [-0.2, 0) is 17.7 Å². The lowest BCUT2D eigenvalue weighted by molar-refractivity contribution is 0.0491. The highest BCUT2D eigenvalue weighted by atomic mass is 16.6. The Balaban J connectivity index is 1.53. The van der Waals surface area contributed by atoms with Gasteiger partial charge in [0.05, 0.1) is 6.54 Å². The van der Waals surface area contributed by atoms with Gasteiger partial charge in [0.1, 0.15) is 5.60 Å². The van der Waals surface area contributed by atoms with E-state index in [0.29, 0.717) is 30.2 Å². The van der Waals surface area contributed by atoms with Gasteiger partial charge in [-0.2, -0.15) is 0 Å². The van der Waals surface area contributed by atoms with Crippen molar-refractivity contribution >= 4 is 6.09 Å². The van der Waals surface area contributed by atoms with E-state index in [0.717, 1.165) is 32.4 Å². The topological polar surface area (TPSA) is 80.5 Å². The van der Waals surface area contributed by atoms with Gasteiger partial charge < -0.3 is 14.5 Å². The van der Waals surface area contributed by atoms with Gasteiger partial charge in [0.15, 0.2) is 0 Å². The van der Waals surface area contributed by atoms with Crippen LogP contribution in [0.25, 0.3) is 0 Å². The van der Waals surface area contributed by atoms with Crippen molar-refractivity contribution < 1.29 is 13.9 Å². The predicted octanol–water partition coefficient (Wildman–Crippen LogP) is 2.37. The van der Waals surface area contributed by atoms with E-state index in [2.05, 4.69) is 20.4 Å². The third-order valence-corrected chi connectivity index (χ3v) is 4.80. The number of alkyl carbamates (subject to hydrolysis) is 1. The van der Waals surface area contributed by atoms with Crippen molar-refractivity contribution in [1.29, 1.82) is 0 Å². The highest BCUT2D eigenvalue weighted by molar-refractivity contribution is 5.68. The number of hydrogen-bond acceptors (Lipinski definition) is 6. The Morgan fingerprint density at radius 3 is 2.71 bits per heavy atom. The Morgan fingerprint density at radius 2 is 2.04 bits per heavy atom. The third kappa shape index (κ3) is 4.06. The maximum atomic E-state index is 12.0. The molecule has 7 heteroatoms. The van der Waals surface area contributed by atoms with Gasteiger partial charge in [-0.3, -0.25) is 4.90 Å². The van der Waals surface area contributed by atoms with Crippen LogP contribution >= 0.6 is 0 Å². The van der Waals surface area contributed by atoms with Gasteiger partial charge in [-0.25, -0.2) is 4.79 Å². The molecule has 0 unspecified atom stereocenters. The van der Waals surface area contributed by atoms with Gasteiger partial charge in [0, 0.05) is 25.6 Å². The first-order valence-electron chi connectivity index (χ1n) is 8.87. The van der Waals surface area contributed by atoms with E-state index < -0.39 is 5.60 Å². The minimum absolute atomic E-state index is 0.198. The molecule has 7 nitrogen and oxygen atoms in total. The van der Waals surface area contributed by atoms with Crippen LogP contribution in [0.4, 0.5) is 4.79 Å². The smallest absolute Gasteiger partial charge is 0.407 e. The molecule has 1 aromatic heterocycles. The van der Waals surface area contributed by atoms with Gasteiger partial charge in [-0.05, 0) is 45.4 Å². The molecule has 1 amide bonds. The van der Waals surface area contributed by atoms with Crippen LogP contribution in [0, 0.1) is 11.8 Å². The SMILES string of the molecule is CCc1nnc(CN2C[C@@H]3CC[C@@H](NC(=O)OC(C)(C)C)[C@H]3C2)o1. The van der Waals surface area contributed by atoms with Crippen molar-refractivity contribution in [3.63, 3.8) is 0 Å². The summed E-state index contributed by atoms with van der Waals surface area (Å²) in [6.45, 7) is 10.3. The number of carbonyl (C=O) groups is 1. The lowest BCUT2D eigenvalue weighted by atomic mass is 9.98. The van der Waals surface area contributed by atoms with E-state index in [1.165, 1.54) is 0 Å². The van der Waals surface area contributed by atoms with Crippen LogP contribution in [0.1, 0.15) is 52.3 Å². The number of aryl methyl sites for hydroxylation is 1. The van der Waals surface area contributed by atoms with Crippen LogP contribution in [-0.4, -0.2) is 45.9 Å². The van der Waals surface area contributed by atoms with Crippen molar-refractivity contribution in [3.8, 4) is 0 Å². The second kappa shape index (κ2) is 6.70. The van der Waals surface area contributed by atoms with Crippen LogP contribution in [0.15, 0.2) is 4.42 Å². The first-order chi connectivity index (χ1) is 11.3. The highest BCUT2D eigenvalue weighted by Gasteiger charge is 2.43. The summed E-state index contributed by atoms with van der Waals surface area (Å²) in [6, 6.07) is 0.198. The fraction of sp³-hybridized carbons (Fsp3) is 0.824. The molecule has 2 heterocycles. The maximum absolute atomic E-state index is 12.0. The molecular formula is C17H28N4O3. The summed E-state index contributed by atoms with van der Waals surface area (Å²) in [5.74, 6) is 2.47. The van der Waals surface area contributed by atoms with Crippen molar-refractivity contribution in [2.24, 2.45) is 11.8 Å². The molecule has 0 spiro atoms. The van der Waals surface area contributed by atoms with Crippen LogP contribution in [0.5, 0.6) is 0 Å². The molecule has 1 N–H and O–H groups in total. The summed E-state index contributed by atoms with van der Waals surface area (Å²) in [5, 5.41) is 11.2. The normalized spacial score (nSPS) is 27.2. The number of carbonyl (C=O) groups excluding carboxylic acids is 1. The molecule has 1 saturated heterocycles. The molecule has 0 bridgehead atoms. The van der Waals surface area contributed by atoms with Crippen molar-refractivity contribution in [3.05, 3.63) is 11.8 Å². The quantitative estimate of drug-likeness (QED) is 0.909. The fourth-order valence-corrected chi connectivity index (χ4v) is 3.81. The summed E-state index contributed by atoms with van der Waals surface area (Å²) in [6.07, 6.45) is 2.63. The Kier molecular flexibility index (Phi) is 4.80. The molecule has 2 fully saturated rings. The molecule has 24 heavy (non-hydrogen) atoms. The zero-order chi connectivity index (χ0) is 17.3. The first-order valence-corrected chi connectivity index (χ1v) is 8.87. The minimum Gasteiger partial charge on any atom is -0.444 e. The summed E-state index contributed by atoms with van der Waals surface area (Å²) >= 11 is 0. The monoisotopic (exact) mass is 336 g/mol. The molecule has 134 valence electrons. The Hall–Kier alpha value is -1.63. The molecule has 1 aliphatic carbocycles. The van der Waals surface area contributed by atoms with E-state index in [9.17, 15) is 4.79 Å². The standard InChI is InChI=1S/C17H28N4O3/c1-5-14-19-20-15(23-14)10-21-8-11-6-7-13(12(11)9-21)18-16(22)24-17(2,3)4/h11-13H,5-10H2,1-4H3,(H,18,22)/t11-,12-,13+/m0/s1. The lowest BCUT2D eigenvalue weighted by Crippen LogP contribution is -2.42. The number of nitrogens with one attached hydrogen (secondary N) is 1. The highest BCUT2D eigenvalue weighted by Crippen LogP contribution is 2.38. The van der Waals surface area contributed by atoms with E-state index >= 15 is 0 Å². The van der Waals surface area contributed by atoms with Crippen LogP contribution in [0.2, 0.25) is 0 Å². The van der Waals surface area contributed by atoms with Gasteiger partial charge >= 0.3 is 6.09 Å². The number of likely N-dealkylation sites (tertiary alicyclic amines) is 1. The molecule has 3 rings (SSSR count). The predicted molar refractivity (Wildman–Crippen MR) is 88.3 cm³/mol. The summed E-state index contributed by atoms with van der Waals surface area (Å²) in [4.78, 5) is 14.4. The summed E-state index contributed by atoms with van der Waals surface area (Å²) < 4.78 is 11.0. The second-order valence-electron chi connectivity index (χ2n) is 7.89. The van der Waals surface area contributed by atoms with Crippen LogP contribution < -0.4 is 5.32 Å². The number of amides is 1. The average Bonchev–Trinajstić information content (AvgIpc) is 3.15. The largest absolute Gasteiger partial charge is 0.444 e. The van der Waals surface area contributed by atoms with E-state index in [-0.39, 0.29) is 12.1 Å². The van der Waals surface area contributed by atoms with E-state index in [4.69, 9.17) is 9.15 Å². The van der Waals surface area contributed by atoms with Gasteiger partial charge in [-0.1, -0.05) is 6.92 Å². The Morgan fingerprint density at radius 1 is 1.29 bits per heavy atom. The average molecular weight is 336 g/mol. The molecule has 0 aromatic carbocycles. The number of ether oxygens (including phenoxy) is 1. The minimum atomic E-state index is -0.460. The fourth-order valence-electron chi connectivity index (χ4n) is 3.81. The third-order valence-electron chi connectivity index (χ3n) is 4.80. The summed E-state index contributed by atoms with van der Waals surface area (Å²) in [5.41, 5.74) is -0.460. The van der Waals surface area contributed by atoms with Gasteiger partial charge in [-0.15, -0.1) is 10.2 Å². The molecule has 3 atom stereocenters. The number of hydrogen-bond donors (Lipinski definition) is 1. The molecule has 1 aromatic rings. The Bertz CT molecular complexity index is 581. The molecular weight excluding hydrogens is 308 g/mol. The Labute approximate surface area is 143 Å². The zero-order valence-electron chi connectivity index (χ0n) is 15.0. The second-order valence-corrected chi connectivity index (χ2v) is 7.89. The molecule has 1 saturated carbocycles. The van der Waals surface area contributed by atoms with Crippen molar-refractivity contribution in [2.75, 3.05) is 13.1 Å². The van der Waals surface area contributed by atoms with Gasteiger partial charge in [0.2, 0.25) is 11.8 Å². The van der Waals surface area contributed by atoms with Crippen molar-refractivity contribution in [2.45, 2.75) is 65.1 Å². The zero-order valence-corrected chi connectivity index (χ0v) is 15.0. The van der Waals surface area contributed by atoms with Crippen LogP contribution in [0.3, 0.4) is 0 Å². The first kappa shape index (κ1) is 17.2. The summed E-state index contributed by atoms with van der Waals surface area (Å²) in [7, 11) is 0. The molecule has 1 aliphatic heterocycles. The lowest BCUT2D eigenvalue weighted by Gasteiger charge is -2.24.